The molecule has 0 spiro atoms. The van der Waals surface area contributed by atoms with Crippen LogP contribution in [0.3, 0.4) is 0 Å². The fourth-order valence-corrected chi connectivity index (χ4v) is 1.11. The Morgan fingerprint density at radius 1 is 1.43 bits per heavy atom. The van der Waals surface area contributed by atoms with Crippen LogP contribution in [-0.4, -0.2) is 5.16 Å². The molecule has 0 unspecified atom stereocenters. The van der Waals surface area contributed by atoms with Gasteiger partial charge in [0.05, 0.1) is 5.69 Å². The van der Waals surface area contributed by atoms with Gasteiger partial charge in [-0.1, -0.05) is 17.3 Å². The molecule has 0 N–H and O–H groups in total. The molecular formula is C11H10NO2. The van der Waals surface area contributed by atoms with Crippen molar-refractivity contribution in [2.24, 2.45) is 0 Å². The molecule has 3 nitrogen and oxygen atoms in total. The highest BCUT2D eigenvalue weighted by Crippen LogP contribution is 2.11. The number of ether oxygens (including phenoxy) is 1. The first kappa shape index (κ1) is 8.81. The van der Waals surface area contributed by atoms with E-state index in [-0.39, 0.29) is 0 Å². The molecule has 0 atom stereocenters. The number of aromatic nitrogens is 1. The summed E-state index contributed by atoms with van der Waals surface area (Å²) in [5, 5.41) is 3.77. The van der Waals surface area contributed by atoms with E-state index in [0.717, 1.165) is 17.2 Å². The lowest BCUT2D eigenvalue weighted by atomic mass is 10.3. The molecule has 71 valence electrons. The van der Waals surface area contributed by atoms with Gasteiger partial charge in [-0.2, -0.15) is 0 Å². The van der Waals surface area contributed by atoms with E-state index in [1.807, 2.05) is 25.1 Å². The highest BCUT2D eigenvalue weighted by atomic mass is 16.5. The van der Waals surface area contributed by atoms with Crippen molar-refractivity contribution in [3.63, 3.8) is 0 Å². The molecule has 0 aliphatic heterocycles. The quantitative estimate of drug-likeness (QED) is 0.741. The van der Waals surface area contributed by atoms with Crippen LogP contribution >= 0.6 is 0 Å². The van der Waals surface area contributed by atoms with Gasteiger partial charge in [0.15, 0.2) is 5.76 Å². The third kappa shape index (κ3) is 2.13. The summed E-state index contributed by atoms with van der Waals surface area (Å²) < 4.78 is 10.5. The van der Waals surface area contributed by atoms with E-state index in [2.05, 4.69) is 11.2 Å². The zero-order chi connectivity index (χ0) is 9.80. The van der Waals surface area contributed by atoms with E-state index in [1.54, 1.807) is 12.1 Å². The Bertz CT molecular complexity index is 395. The van der Waals surface area contributed by atoms with Gasteiger partial charge in [0.1, 0.15) is 12.4 Å². The smallest absolute Gasteiger partial charge is 0.174 e. The van der Waals surface area contributed by atoms with Gasteiger partial charge in [0, 0.05) is 6.07 Å². The van der Waals surface area contributed by atoms with Crippen molar-refractivity contribution in [1.82, 2.24) is 5.16 Å². The summed E-state index contributed by atoms with van der Waals surface area (Å²) in [6, 6.07) is 12.1. The molecule has 1 aromatic heterocycles. The lowest BCUT2D eigenvalue weighted by Crippen LogP contribution is -1.92. The molecule has 1 heterocycles. The number of hydrogen-bond donors (Lipinski definition) is 0. The zero-order valence-electron chi connectivity index (χ0n) is 7.86. The minimum atomic E-state index is 0.408. The number of hydrogen-bond acceptors (Lipinski definition) is 3. The maximum Gasteiger partial charge on any atom is 0.174 e. The molecule has 1 radical (unpaired) electrons. The van der Waals surface area contributed by atoms with Gasteiger partial charge in [-0.3, -0.25) is 0 Å². The molecule has 0 aliphatic rings. The largest absolute Gasteiger partial charge is 0.486 e. The predicted molar refractivity (Wildman–Crippen MR) is 50.9 cm³/mol. The van der Waals surface area contributed by atoms with E-state index in [1.165, 1.54) is 0 Å². The van der Waals surface area contributed by atoms with Gasteiger partial charge in [0.25, 0.3) is 0 Å². The molecular weight excluding hydrogens is 178 g/mol. The fraction of sp³-hybridized carbons (Fsp3) is 0.182. The Kier molecular flexibility index (Phi) is 2.49. The van der Waals surface area contributed by atoms with Gasteiger partial charge in [0.2, 0.25) is 0 Å². The Hall–Kier alpha value is -1.77. The zero-order valence-corrected chi connectivity index (χ0v) is 7.86. The van der Waals surface area contributed by atoms with Crippen molar-refractivity contribution in [3.8, 4) is 5.75 Å². The van der Waals surface area contributed by atoms with Crippen molar-refractivity contribution >= 4 is 0 Å². The predicted octanol–water partition coefficient (Wildman–Crippen LogP) is 2.36. The molecule has 2 rings (SSSR count). The maximum absolute atomic E-state index is 5.45. The minimum Gasteiger partial charge on any atom is -0.486 e. The van der Waals surface area contributed by atoms with E-state index in [9.17, 15) is 0 Å². The summed E-state index contributed by atoms with van der Waals surface area (Å²) in [6.07, 6.45) is 0. The van der Waals surface area contributed by atoms with Crippen LogP contribution < -0.4 is 4.74 Å². The number of benzene rings is 1. The van der Waals surface area contributed by atoms with Crippen molar-refractivity contribution in [2.75, 3.05) is 0 Å². The normalized spacial score (nSPS) is 10.1. The van der Waals surface area contributed by atoms with Crippen LogP contribution in [0.25, 0.3) is 0 Å². The third-order valence-electron chi connectivity index (χ3n) is 1.75. The first-order valence-electron chi connectivity index (χ1n) is 4.36. The van der Waals surface area contributed by atoms with Crippen LogP contribution in [0.15, 0.2) is 34.9 Å². The van der Waals surface area contributed by atoms with Gasteiger partial charge in [-0.15, -0.1) is 0 Å². The van der Waals surface area contributed by atoms with Crippen LogP contribution in [0.2, 0.25) is 0 Å². The topological polar surface area (TPSA) is 35.3 Å². The van der Waals surface area contributed by atoms with Gasteiger partial charge < -0.3 is 9.26 Å². The first-order chi connectivity index (χ1) is 6.84. The van der Waals surface area contributed by atoms with Crippen LogP contribution in [-0.2, 0) is 6.61 Å². The Labute approximate surface area is 82.3 Å². The average Bonchev–Trinajstić information content (AvgIpc) is 2.63. The van der Waals surface area contributed by atoms with E-state index < -0.39 is 0 Å². The van der Waals surface area contributed by atoms with Crippen molar-refractivity contribution in [2.45, 2.75) is 13.5 Å². The number of nitrogens with zero attached hydrogens (tertiary/aromatic N) is 1. The number of aryl methyl sites for hydroxylation is 1. The molecule has 3 heteroatoms. The summed E-state index contributed by atoms with van der Waals surface area (Å²) in [5.74, 6) is 1.54. The molecule has 0 aliphatic carbocycles. The highest BCUT2D eigenvalue weighted by Gasteiger charge is 2.00. The fourth-order valence-electron chi connectivity index (χ4n) is 1.11. The van der Waals surface area contributed by atoms with Gasteiger partial charge in [-0.05, 0) is 25.1 Å². The second-order valence-electron chi connectivity index (χ2n) is 2.96. The maximum atomic E-state index is 5.45. The highest BCUT2D eigenvalue weighted by molar-refractivity contribution is 5.20. The van der Waals surface area contributed by atoms with Crippen molar-refractivity contribution in [3.05, 3.63) is 47.9 Å². The molecule has 0 amide bonds. The SMILES string of the molecule is Cc1cc(COc2cc[c]cc2)on1. The minimum absolute atomic E-state index is 0.408. The molecule has 0 saturated heterocycles. The third-order valence-corrected chi connectivity index (χ3v) is 1.75. The van der Waals surface area contributed by atoms with Crippen LogP contribution in [0.4, 0.5) is 0 Å². The summed E-state index contributed by atoms with van der Waals surface area (Å²) in [4.78, 5) is 0. The monoisotopic (exact) mass is 188 g/mol. The summed E-state index contributed by atoms with van der Waals surface area (Å²) in [6.45, 7) is 2.29. The molecule has 0 bridgehead atoms. The standard InChI is InChI=1S/C11H10NO2/c1-9-7-11(14-12-9)8-13-10-5-3-2-4-6-10/h3-7H,8H2,1H3. The molecule has 0 fully saturated rings. The summed E-state index contributed by atoms with van der Waals surface area (Å²) >= 11 is 0. The summed E-state index contributed by atoms with van der Waals surface area (Å²) in [7, 11) is 0. The Morgan fingerprint density at radius 3 is 2.86 bits per heavy atom. The average molecular weight is 188 g/mol. The second-order valence-corrected chi connectivity index (χ2v) is 2.96. The van der Waals surface area contributed by atoms with Crippen LogP contribution in [0, 0.1) is 13.0 Å². The molecule has 0 saturated carbocycles. The van der Waals surface area contributed by atoms with Crippen LogP contribution in [0.5, 0.6) is 5.75 Å². The molecule has 2 aromatic rings. The second kappa shape index (κ2) is 3.96. The molecule has 14 heavy (non-hydrogen) atoms. The molecule has 1 aromatic carbocycles. The summed E-state index contributed by atoms with van der Waals surface area (Å²) in [5.41, 5.74) is 0.866. The van der Waals surface area contributed by atoms with E-state index in [0.29, 0.717) is 6.61 Å². The van der Waals surface area contributed by atoms with Crippen molar-refractivity contribution in [1.29, 1.82) is 0 Å². The lowest BCUT2D eigenvalue weighted by Gasteiger charge is -2.01. The van der Waals surface area contributed by atoms with Gasteiger partial charge >= 0.3 is 0 Å². The Morgan fingerprint density at radius 2 is 2.21 bits per heavy atom. The lowest BCUT2D eigenvalue weighted by molar-refractivity contribution is 0.249. The van der Waals surface area contributed by atoms with Crippen LogP contribution in [0.1, 0.15) is 11.5 Å². The number of rotatable bonds is 3. The van der Waals surface area contributed by atoms with Gasteiger partial charge in [-0.25, -0.2) is 0 Å². The first-order valence-corrected chi connectivity index (χ1v) is 4.36. The van der Waals surface area contributed by atoms with Crippen molar-refractivity contribution < 1.29 is 9.26 Å². The Balaban J connectivity index is 1.95. The van der Waals surface area contributed by atoms with E-state index >= 15 is 0 Å². The van der Waals surface area contributed by atoms with E-state index in [4.69, 9.17) is 9.26 Å².